The summed E-state index contributed by atoms with van der Waals surface area (Å²) >= 11 is 4.95. The van der Waals surface area contributed by atoms with Crippen LogP contribution >= 0.6 is 12.2 Å². The van der Waals surface area contributed by atoms with E-state index < -0.39 is 0 Å². The molecule has 4 nitrogen and oxygen atoms in total. The number of aromatic nitrogens is 3. The van der Waals surface area contributed by atoms with Gasteiger partial charge in [-0.25, -0.2) is 9.97 Å². The molecule has 0 atom stereocenters. The van der Waals surface area contributed by atoms with E-state index in [-0.39, 0.29) is 0 Å². The van der Waals surface area contributed by atoms with Crippen molar-refractivity contribution in [3.63, 3.8) is 0 Å². The first-order valence-corrected chi connectivity index (χ1v) is 4.86. The van der Waals surface area contributed by atoms with E-state index in [4.69, 9.17) is 18.0 Å². The highest BCUT2D eigenvalue weighted by molar-refractivity contribution is 7.80. The first kappa shape index (κ1) is 9.79. The van der Waals surface area contributed by atoms with Gasteiger partial charge in [0.15, 0.2) is 0 Å². The number of nitrogens with two attached hydrogens (primary N) is 1. The van der Waals surface area contributed by atoms with Gasteiger partial charge in [-0.2, -0.15) is 0 Å². The standard InChI is InChI=1S/C10H10N4S/c1-7-12-5-4-9(13-7)14-6-2-3-8(14)10(11)15/h2-6H,1H3,(H2,11,15). The molecule has 15 heavy (non-hydrogen) atoms. The van der Waals surface area contributed by atoms with Crippen LogP contribution < -0.4 is 5.73 Å². The predicted molar refractivity (Wildman–Crippen MR) is 62.0 cm³/mol. The molecule has 0 aliphatic carbocycles. The second-order valence-electron chi connectivity index (χ2n) is 3.09. The van der Waals surface area contributed by atoms with Gasteiger partial charge in [-0.15, -0.1) is 0 Å². The number of nitrogens with zero attached hydrogens (tertiary/aromatic N) is 3. The van der Waals surface area contributed by atoms with E-state index in [0.717, 1.165) is 17.3 Å². The van der Waals surface area contributed by atoms with Crippen LogP contribution in [0.4, 0.5) is 0 Å². The average Bonchev–Trinajstić information content (AvgIpc) is 2.65. The molecule has 2 aromatic rings. The molecule has 0 saturated carbocycles. The summed E-state index contributed by atoms with van der Waals surface area (Å²) in [6.07, 6.45) is 3.58. The second kappa shape index (κ2) is 3.78. The Balaban J connectivity index is 2.54. The normalized spacial score (nSPS) is 10.2. The first-order chi connectivity index (χ1) is 7.18. The van der Waals surface area contributed by atoms with Crippen LogP contribution in [0.15, 0.2) is 30.6 Å². The fourth-order valence-corrected chi connectivity index (χ4v) is 1.53. The van der Waals surface area contributed by atoms with Crippen molar-refractivity contribution in [2.24, 2.45) is 5.73 Å². The van der Waals surface area contributed by atoms with Gasteiger partial charge in [-0.05, 0) is 25.1 Å². The lowest BCUT2D eigenvalue weighted by Crippen LogP contribution is -2.15. The van der Waals surface area contributed by atoms with Crippen molar-refractivity contribution in [1.82, 2.24) is 14.5 Å². The summed E-state index contributed by atoms with van der Waals surface area (Å²) in [5, 5.41) is 0. The Kier molecular flexibility index (Phi) is 2.47. The van der Waals surface area contributed by atoms with Crippen molar-refractivity contribution in [2.75, 3.05) is 0 Å². The highest BCUT2D eigenvalue weighted by Crippen LogP contribution is 2.09. The summed E-state index contributed by atoms with van der Waals surface area (Å²) in [5.74, 6) is 1.49. The molecule has 0 saturated heterocycles. The van der Waals surface area contributed by atoms with Crippen molar-refractivity contribution in [3.8, 4) is 5.82 Å². The van der Waals surface area contributed by atoms with Gasteiger partial charge in [-0.1, -0.05) is 12.2 Å². The lowest BCUT2D eigenvalue weighted by atomic mass is 10.4. The van der Waals surface area contributed by atoms with Gasteiger partial charge in [-0.3, -0.25) is 4.57 Å². The summed E-state index contributed by atoms with van der Waals surface area (Å²) in [6.45, 7) is 1.84. The minimum absolute atomic E-state index is 0.358. The molecular formula is C10H10N4S. The van der Waals surface area contributed by atoms with Gasteiger partial charge < -0.3 is 5.73 Å². The summed E-state index contributed by atoms with van der Waals surface area (Å²) in [6, 6.07) is 5.56. The number of aryl methyl sites for hydroxylation is 1. The van der Waals surface area contributed by atoms with Crippen molar-refractivity contribution < 1.29 is 0 Å². The van der Waals surface area contributed by atoms with Gasteiger partial charge in [0.1, 0.15) is 16.6 Å². The largest absolute Gasteiger partial charge is 0.388 e. The maximum Gasteiger partial charge on any atom is 0.140 e. The van der Waals surface area contributed by atoms with Gasteiger partial charge in [0.25, 0.3) is 0 Å². The predicted octanol–water partition coefficient (Wildman–Crippen LogP) is 1.21. The topological polar surface area (TPSA) is 56.7 Å². The Morgan fingerprint density at radius 2 is 2.27 bits per heavy atom. The highest BCUT2D eigenvalue weighted by Gasteiger charge is 2.06. The van der Waals surface area contributed by atoms with Crippen LogP contribution in [0.2, 0.25) is 0 Å². The van der Waals surface area contributed by atoms with E-state index in [1.807, 2.05) is 35.9 Å². The molecule has 0 amide bonds. The van der Waals surface area contributed by atoms with Crippen molar-refractivity contribution >= 4 is 17.2 Å². The average molecular weight is 218 g/mol. The Hall–Kier alpha value is -1.75. The minimum atomic E-state index is 0.358. The maximum absolute atomic E-state index is 5.60. The molecule has 2 aromatic heterocycles. The third kappa shape index (κ3) is 1.87. The second-order valence-corrected chi connectivity index (χ2v) is 3.53. The molecule has 0 spiro atoms. The Bertz CT molecular complexity index is 504. The fraction of sp³-hybridized carbons (Fsp3) is 0.100. The van der Waals surface area contributed by atoms with Gasteiger partial charge in [0.2, 0.25) is 0 Å². The smallest absolute Gasteiger partial charge is 0.140 e. The van der Waals surface area contributed by atoms with Gasteiger partial charge in [0.05, 0.1) is 5.69 Å². The van der Waals surface area contributed by atoms with Crippen molar-refractivity contribution in [3.05, 3.63) is 42.1 Å². The van der Waals surface area contributed by atoms with E-state index in [2.05, 4.69) is 9.97 Å². The molecule has 0 radical (unpaired) electrons. The summed E-state index contributed by atoms with van der Waals surface area (Å²) in [5.41, 5.74) is 6.38. The van der Waals surface area contributed by atoms with Crippen LogP contribution in [-0.4, -0.2) is 19.5 Å². The zero-order valence-electron chi connectivity index (χ0n) is 8.21. The molecular weight excluding hydrogens is 208 g/mol. The molecule has 0 aromatic carbocycles. The van der Waals surface area contributed by atoms with Crippen LogP contribution in [0.1, 0.15) is 11.5 Å². The van der Waals surface area contributed by atoms with Crippen molar-refractivity contribution in [2.45, 2.75) is 6.92 Å². The van der Waals surface area contributed by atoms with Crippen LogP contribution in [0.5, 0.6) is 0 Å². The van der Waals surface area contributed by atoms with E-state index in [9.17, 15) is 0 Å². The number of rotatable bonds is 2. The molecule has 2 heterocycles. The van der Waals surface area contributed by atoms with E-state index in [0.29, 0.717) is 4.99 Å². The quantitative estimate of drug-likeness (QED) is 0.770. The third-order valence-electron chi connectivity index (χ3n) is 2.01. The lowest BCUT2D eigenvalue weighted by Gasteiger charge is -2.06. The molecule has 76 valence electrons. The minimum Gasteiger partial charge on any atom is -0.388 e. The Morgan fingerprint density at radius 1 is 1.47 bits per heavy atom. The number of hydrogen-bond acceptors (Lipinski definition) is 3. The third-order valence-corrected chi connectivity index (χ3v) is 2.22. The monoisotopic (exact) mass is 218 g/mol. The van der Waals surface area contributed by atoms with Gasteiger partial charge >= 0.3 is 0 Å². The molecule has 0 fully saturated rings. The zero-order chi connectivity index (χ0) is 10.8. The van der Waals surface area contributed by atoms with Crippen LogP contribution in [0, 0.1) is 6.92 Å². The van der Waals surface area contributed by atoms with E-state index in [1.54, 1.807) is 6.20 Å². The summed E-state index contributed by atoms with van der Waals surface area (Å²) in [7, 11) is 0. The molecule has 0 unspecified atom stereocenters. The summed E-state index contributed by atoms with van der Waals surface area (Å²) < 4.78 is 1.84. The molecule has 0 aliphatic rings. The van der Waals surface area contributed by atoms with E-state index in [1.165, 1.54) is 0 Å². The lowest BCUT2D eigenvalue weighted by molar-refractivity contribution is 0.938. The Labute approximate surface area is 92.8 Å². The van der Waals surface area contributed by atoms with Crippen molar-refractivity contribution in [1.29, 1.82) is 0 Å². The fourth-order valence-electron chi connectivity index (χ4n) is 1.36. The number of hydrogen-bond donors (Lipinski definition) is 1. The molecule has 0 bridgehead atoms. The maximum atomic E-state index is 5.60. The molecule has 5 heteroatoms. The van der Waals surface area contributed by atoms with E-state index >= 15 is 0 Å². The van der Waals surface area contributed by atoms with Crippen LogP contribution in [0.25, 0.3) is 5.82 Å². The SMILES string of the molecule is Cc1nccc(-n2cccc2C(N)=S)n1. The number of thiocarbonyl (C=S) groups is 1. The van der Waals surface area contributed by atoms with Crippen LogP contribution in [0.3, 0.4) is 0 Å². The molecule has 2 rings (SSSR count). The first-order valence-electron chi connectivity index (χ1n) is 4.45. The Morgan fingerprint density at radius 3 is 2.93 bits per heavy atom. The molecule has 2 N–H and O–H groups in total. The summed E-state index contributed by atoms with van der Waals surface area (Å²) in [4.78, 5) is 8.69. The highest BCUT2D eigenvalue weighted by atomic mass is 32.1. The molecule has 0 aliphatic heterocycles. The zero-order valence-corrected chi connectivity index (χ0v) is 9.03. The van der Waals surface area contributed by atoms with Crippen LogP contribution in [-0.2, 0) is 0 Å². The van der Waals surface area contributed by atoms with Gasteiger partial charge in [0, 0.05) is 12.4 Å².